The topological polar surface area (TPSA) is 63.0 Å². The SMILES string of the molecule is Cn1cnnc1CNC1CCCCC1O. The standard InChI is InChI=1S/C10H18N4O/c1-14-7-12-13-10(14)6-11-8-4-2-3-5-9(8)15/h7-9,11,15H,2-6H2,1H3. The Hall–Kier alpha value is -0.940. The minimum Gasteiger partial charge on any atom is -0.392 e. The van der Waals surface area contributed by atoms with Crippen molar-refractivity contribution >= 4 is 0 Å². The van der Waals surface area contributed by atoms with Gasteiger partial charge in [-0.15, -0.1) is 10.2 Å². The molecule has 15 heavy (non-hydrogen) atoms. The van der Waals surface area contributed by atoms with Crippen LogP contribution < -0.4 is 5.32 Å². The van der Waals surface area contributed by atoms with Crippen LogP contribution in [-0.2, 0) is 13.6 Å². The summed E-state index contributed by atoms with van der Waals surface area (Å²) in [6.45, 7) is 0.679. The van der Waals surface area contributed by atoms with Crippen LogP contribution in [0.15, 0.2) is 6.33 Å². The fourth-order valence-corrected chi connectivity index (χ4v) is 2.04. The zero-order valence-corrected chi connectivity index (χ0v) is 9.06. The number of hydrogen-bond donors (Lipinski definition) is 2. The van der Waals surface area contributed by atoms with Crippen molar-refractivity contribution < 1.29 is 5.11 Å². The maximum absolute atomic E-state index is 9.76. The summed E-state index contributed by atoms with van der Waals surface area (Å²) in [6.07, 6.45) is 5.80. The zero-order valence-electron chi connectivity index (χ0n) is 9.06. The van der Waals surface area contributed by atoms with Crippen molar-refractivity contribution in [2.75, 3.05) is 0 Å². The van der Waals surface area contributed by atoms with Crippen LogP contribution in [0.4, 0.5) is 0 Å². The monoisotopic (exact) mass is 210 g/mol. The zero-order chi connectivity index (χ0) is 10.7. The largest absolute Gasteiger partial charge is 0.392 e. The van der Waals surface area contributed by atoms with E-state index in [0.717, 1.165) is 25.1 Å². The molecule has 2 rings (SSSR count). The van der Waals surface area contributed by atoms with Crippen molar-refractivity contribution in [3.8, 4) is 0 Å². The molecule has 0 aliphatic heterocycles. The van der Waals surface area contributed by atoms with Gasteiger partial charge in [0.1, 0.15) is 12.2 Å². The minimum atomic E-state index is -0.202. The van der Waals surface area contributed by atoms with E-state index in [1.165, 1.54) is 6.42 Å². The Bertz CT molecular complexity index is 312. The number of nitrogens with zero attached hydrogens (tertiary/aromatic N) is 3. The molecule has 1 aromatic heterocycles. The summed E-state index contributed by atoms with van der Waals surface area (Å²) in [4.78, 5) is 0. The highest BCUT2D eigenvalue weighted by atomic mass is 16.3. The molecule has 0 bridgehead atoms. The third kappa shape index (κ3) is 2.54. The fourth-order valence-electron chi connectivity index (χ4n) is 2.04. The summed E-state index contributed by atoms with van der Waals surface area (Å²) in [6, 6.07) is 0.218. The van der Waals surface area contributed by atoms with Gasteiger partial charge in [-0.1, -0.05) is 12.8 Å². The van der Waals surface area contributed by atoms with Gasteiger partial charge >= 0.3 is 0 Å². The Morgan fingerprint density at radius 1 is 1.53 bits per heavy atom. The highest BCUT2D eigenvalue weighted by molar-refractivity contribution is 4.87. The normalized spacial score (nSPS) is 26.8. The molecule has 2 atom stereocenters. The highest BCUT2D eigenvalue weighted by Crippen LogP contribution is 2.18. The fraction of sp³-hybridized carbons (Fsp3) is 0.800. The smallest absolute Gasteiger partial charge is 0.146 e. The number of aliphatic hydroxyl groups is 1. The molecule has 0 aromatic carbocycles. The molecular weight excluding hydrogens is 192 g/mol. The highest BCUT2D eigenvalue weighted by Gasteiger charge is 2.22. The molecule has 0 saturated heterocycles. The third-order valence-corrected chi connectivity index (χ3v) is 3.06. The Balaban J connectivity index is 1.84. The summed E-state index contributed by atoms with van der Waals surface area (Å²) in [7, 11) is 1.92. The predicted octanol–water partition coefficient (Wildman–Crippen LogP) is 0.208. The quantitative estimate of drug-likeness (QED) is 0.748. The average Bonchev–Trinajstić information content (AvgIpc) is 2.63. The first-order chi connectivity index (χ1) is 7.27. The number of aryl methyl sites for hydroxylation is 1. The van der Waals surface area contributed by atoms with Gasteiger partial charge in [0.15, 0.2) is 0 Å². The molecule has 0 amide bonds. The van der Waals surface area contributed by atoms with Crippen molar-refractivity contribution in [1.29, 1.82) is 0 Å². The first-order valence-electron chi connectivity index (χ1n) is 5.51. The van der Waals surface area contributed by atoms with E-state index < -0.39 is 0 Å². The second-order valence-corrected chi connectivity index (χ2v) is 4.20. The Morgan fingerprint density at radius 2 is 2.33 bits per heavy atom. The van der Waals surface area contributed by atoms with Gasteiger partial charge in [-0.25, -0.2) is 0 Å². The molecule has 0 radical (unpaired) electrons. The molecule has 84 valence electrons. The average molecular weight is 210 g/mol. The molecular formula is C10H18N4O. The summed E-state index contributed by atoms with van der Waals surface area (Å²) >= 11 is 0. The van der Waals surface area contributed by atoms with E-state index in [4.69, 9.17) is 0 Å². The van der Waals surface area contributed by atoms with Crippen molar-refractivity contribution in [2.45, 2.75) is 44.4 Å². The summed E-state index contributed by atoms with van der Waals surface area (Å²) in [5, 5.41) is 20.9. The molecule has 1 fully saturated rings. The van der Waals surface area contributed by atoms with Crippen LogP contribution in [0.25, 0.3) is 0 Å². The summed E-state index contributed by atoms with van der Waals surface area (Å²) in [5.74, 6) is 0.910. The van der Waals surface area contributed by atoms with Crippen LogP contribution in [-0.4, -0.2) is 32.0 Å². The van der Waals surface area contributed by atoms with E-state index in [9.17, 15) is 5.11 Å². The van der Waals surface area contributed by atoms with Gasteiger partial charge in [-0.3, -0.25) is 0 Å². The van der Waals surface area contributed by atoms with Gasteiger partial charge in [-0.2, -0.15) is 0 Å². The van der Waals surface area contributed by atoms with Gasteiger partial charge in [0, 0.05) is 13.1 Å². The Kier molecular flexibility index (Phi) is 3.33. The van der Waals surface area contributed by atoms with Crippen molar-refractivity contribution in [2.24, 2.45) is 7.05 Å². The van der Waals surface area contributed by atoms with Crippen LogP contribution in [0.1, 0.15) is 31.5 Å². The Morgan fingerprint density at radius 3 is 3.00 bits per heavy atom. The third-order valence-electron chi connectivity index (χ3n) is 3.06. The first kappa shape index (κ1) is 10.6. The number of aliphatic hydroxyl groups excluding tert-OH is 1. The van der Waals surface area contributed by atoms with Gasteiger partial charge in [0.05, 0.1) is 12.6 Å². The number of nitrogens with one attached hydrogen (secondary N) is 1. The Labute approximate surface area is 89.5 Å². The van der Waals surface area contributed by atoms with Gasteiger partial charge < -0.3 is 15.0 Å². The minimum absolute atomic E-state index is 0.202. The number of aromatic nitrogens is 3. The molecule has 2 unspecified atom stereocenters. The van der Waals surface area contributed by atoms with Gasteiger partial charge in [-0.05, 0) is 12.8 Å². The van der Waals surface area contributed by atoms with Crippen LogP contribution in [0.5, 0.6) is 0 Å². The van der Waals surface area contributed by atoms with E-state index >= 15 is 0 Å². The molecule has 1 saturated carbocycles. The molecule has 1 aliphatic carbocycles. The molecule has 1 heterocycles. The molecule has 1 aliphatic rings. The maximum Gasteiger partial charge on any atom is 0.146 e. The predicted molar refractivity (Wildman–Crippen MR) is 56.1 cm³/mol. The molecule has 2 N–H and O–H groups in total. The van der Waals surface area contributed by atoms with Crippen molar-refractivity contribution in [3.63, 3.8) is 0 Å². The number of hydrogen-bond acceptors (Lipinski definition) is 4. The van der Waals surface area contributed by atoms with Crippen molar-refractivity contribution in [3.05, 3.63) is 12.2 Å². The lowest BCUT2D eigenvalue weighted by Gasteiger charge is -2.28. The summed E-state index contributed by atoms with van der Waals surface area (Å²) in [5.41, 5.74) is 0. The van der Waals surface area contributed by atoms with Crippen LogP contribution in [0, 0.1) is 0 Å². The first-order valence-corrected chi connectivity index (χ1v) is 5.51. The summed E-state index contributed by atoms with van der Waals surface area (Å²) < 4.78 is 1.89. The lowest BCUT2D eigenvalue weighted by atomic mass is 9.93. The van der Waals surface area contributed by atoms with E-state index in [1.807, 2.05) is 11.6 Å². The van der Waals surface area contributed by atoms with Crippen molar-refractivity contribution in [1.82, 2.24) is 20.1 Å². The van der Waals surface area contributed by atoms with E-state index in [1.54, 1.807) is 6.33 Å². The molecule has 5 heteroatoms. The second kappa shape index (κ2) is 4.72. The number of rotatable bonds is 3. The second-order valence-electron chi connectivity index (χ2n) is 4.20. The lowest BCUT2D eigenvalue weighted by molar-refractivity contribution is 0.0898. The lowest BCUT2D eigenvalue weighted by Crippen LogP contribution is -2.41. The molecule has 1 aromatic rings. The van der Waals surface area contributed by atoms with E-state index in [-0.39, 0.29) is 12.1 Å². The van der Waals surface area contributed by atoms with E-state index in [2.05, 4.69) is 15.5 Å². The van der Waals surface area contributed by atoms with Crippen LogP contribution in [0.2, 0.25) is 0 Å². The molecule has 0 spiro atoms. The van der Waals surface area contributed by atoms with Gasteiger partial charge in [0.2, 0.25) is 0 Å². The van der Waals surface area contributed by atoms with Crippen LogP contribution >= 0.6 is 0 Å². The van der Waals surface area contributed by atoms with Gasteiger partial charge in [0.25, 0.3) is 0 Å². The molecule has 5 nitrogen and oxygen atoms in total. The van der Waals surface area contributed by atoms with E-state index in [0.29, 0.717) is 6.54 Å². The maximum atomic E-state index is 9.76. The van der Waals surface area contributed by atoms with Crippen LogP contribution in [0.3, 0.4) is 0 Å².